The third kappa shape index (κ3) is 3.40. The van der Waals surface area contributed by atoms with Gasteiger partial charge in [-0.25, -0.2) is 0 Å². The van der Waals surface area contributed by atoms with E-state index >= 15 is 0 Å². The lowest BCUT2D eigenvalue weighted by molar-refractivity contribution is -0.115. The molecule has 1 N–H and O–H groups in total. The van der Waals surface area contributed by atoms with Gasteiger partial charge in [-0.1, -0.05) is 30.7 Å². The first-order chi connectivity index (χ1) is 11.1. The first kappa shape index (κ1) is 15.6. The van der Waals surface area contributed by atoms with E-state index in [1.165, 1.54) is 5.56 Å². The second-order valence-electron chi connectivity index (χ2n) is 5.63. The molecule has 0 spiro atoms. The van der Waals surface area contributed by atoms with E-state index in [1.807, 2.05) is 43.3 Å². The molecule has 23 heavy (non-hydrogen) atoms. The highest BCUT2D eigenvalue weighted by molar-refractivity contribution is 6.32. The van der Waals surface area contributed by atoms with Crippen molar-refractivity contribution in [1.82, 2.24) is 0 Å². The predicted molar refractivity (Wildman–Crippen MR) is 94.1 cm³/mol. The summed E-state index contributed by atoms with van der Waals surface area (Å²) in [4.78, 5) is 12.2. The largest absolute Gasteiger partial charge is 0.464 e. The minimum absolute atomic E-state index is 0.0753. The maximum Gasteiger partial charge on any atom is 0.228 e. The summed E-state index contributed by atoms with van der Waals surface area (Å²) in [5.41, 5.74) is 4.59. The zero-order chi connectivity index (χ0) is 16.4. The van der Waals surface area contributed by atoms with Crippen LogP contribution in [0.1, 0.15) is 23.6 Å². The lowest BCUT2D eigenvalue weighted by atomic mass is 10.1. The number of hydrogen-bond acceptors (Lipinski definition) is 2. The second-order valence-corrected chi connectivity index (χ2v) is 6.04. The van der Waals surface area contributed by atoms with Gasteiger partial charge in [0.2, 0.25) is 5.91 Å². The molecule has 0 radical (unpaired) electrons. The Bertz CT molecular complexity index is 850. The summed E-state index contributed by atoms with van der Waals surface area (Å²) in [5.74, 6) is -0.0753. The molecule has 0 saturated heterocycles. The van der Waals surface area contributed by atoms with Crippen molar-refractivity contribution in [3.8, 4) is 0 Å². The number of furan rings is 1. The number of benzene rings is 2. The highest BCUT2D eigenvalue weighted by atomic mass is 35.5. The van der Waals surface area contributed by atoms with Crippen LogP contribution in [0.15, 0.2) is 47.1 Å². The molecule has 0 aliphatic heterocycles. The molecule has 4 heteroatoms. The van der Waals surface area contributed by atoms with E-state index in [0.29, 0.717) is 5.02 Å². The van der Waals surface area contributed by atoms with Crippen molar-refractivity contribution in [3.05, 3.63) is 64.4 Å². The number of halogens is 1. The lowest BCUT2D eigenvalue weighted by Crippen LogP contribution is -2.14. The number of aryl methyl sites for hydroxylation is 2. The molecule has 0 saturated carbocycles. The summed E-state index contributed by atoms with van der Waals surface area (Å²) in [5, 5.41) is 4.47. The van der Waals surface area contributed by atoms with E-state index in [0.717, 1.165) is 34.2 Å². The monoisotopic (exact) mass is 327 g/mol. The number of hydrogen-bond donors (Lipinski definition) is 1. The first-order valence-corrected chi connectivity index (χ1v) is 7.99. The molecule has 0 atom stereocenters. The standard InChI is InChI=1S/C19H18ClNO2/c1-3-13-4-6-15(7-5-13)21-19(22)9-14-11-23-18-8-12(2)17(20)10-16(14)18/h4-8,10-11H,3,9H2,1-2H3,(H,21,22). The van der Waals surface area contributed by atoms with Crippen LogP contribution in [0, 0.1) is 6.92 Å². The molecule has 0 fully saturated rings. The number of fused-ring (bicyclic) bond motifs is 1. The summed E-state index contributed by atoms with van der Waals surface area (Å²) in [7, 11) is 0. The highest BCUT2D eigenvalue weighted by Crippen LogP contribution is 2.28. The van der Waals surface area contributed by atoms with Gasteiger partial charge in [0, 0.05) is 21.7 Å². The molecular weight excluding hydrogens is 310 g/mol. The minimum Gasteiger partial charge on any atom is -0.464 e. The Hall–Kier alpha value is -2.26. The highest BCUT2D eigenvalue weighted by Gasteiger charge is 2.12. The van der Waals surface area contributed by atoms with Gasteiger partial charge in [-0.15, -0.1) is 0 Å². The Kier molecular flexibility index (Phi) is 4.39. The van der Waals surface area contributed by atoms with Crippen molar-refractivity contribution in [3.63, 3.8) is 0 Å². The van der Waals surface area contributed by atoms with Crippen LogP contribution in [0.3, 0.4) is 0 Å². The maximum absolute atomic E-state index is 12.2. The normalized spacial score (nSPS) is 10.9. The van der Waals surface area contributed by atoms with Crippen LogP contribution in [-0.4, -0.2) is 5.91 Å². The molecule has 1 aromatic heterocycles. The molecule has 2 aromatic carbocycles. The van der Waals surface area contributed by atoms with E-state index < -0.39 is 0 Å². The summed E-state index contributed by atoms with van der Waals surface area (Å²) >= 11 is 6.17. The number of rotatable bonds is 4. The zero-order valence-corrected chi connectivity index (χ0v) is 13.9. The average molecular weight is 328 g/mol. The average Bonchev–Trinajstić information content (AvgIpc) is 2.90. The van der Waals surface area contributed by atoms with Crippen molar-refractivity contribution >= 4 is 34.2 Å². The van der Waals surface area contributed by atoms with Crippen LogP contribution in [0.5, 0.6) is 0 Å². The molecule has 0 aliphatic rings. The lowest BCUT2D eigenvalue weighted by Gasteiger charge is -2.05. The third-order valence-corrected chi connectivity index (χ3v) is 4.34. The van der Waals surface area contributed by atoms with E-state index in [4.69, 9.17) is 16.0 Å². The van der Waals surface area contributed by atoms with Gasteiger partial charge in [-0.2, -0.15) is 0 Å². The summed E-state index contributed by atoms with van der Waals surface area (Å²) in [6.07, 6.45) is 2.86. The van der Waals surface area contributed by atoms with Crippen molar-refractivity contribution < 1.29 is 9.21 Å². The fraction of sp³-hybridized carbons (Fsp3) is 0.211. The number of carbonyl (C=O) groups excluding carboxylic acids is 1. The maximum atomic E-state index is 12.2. The van der Waals surface area contributed by atoms with Crippen molar-refractivity contribution in [2.24, 2.45) is 0 Å². The summed E-state index contributed by atoms with van der Waals surface area (Å²) < 4.78 is 5.53. The van der Waals surface area contributed by atoms with Crippen molar-refractivity contribution in [1.29, 1.82) is 0 Å². The molecule has 3 aromatic rings. The SMILES string of the molecule is CCc1ccc(NC(=O)Cc2coc3cc(C)c(Cl)cc23)cc1. The van der Waals surface area contributed by atoms with E-state index in [1.54, 1.807) is 6.26 Å². The van der Waals surface area contributed by atoms with Gasteiger partial charge >= 0.3 is 0 Å². The molecule has 0 unspecified atom stereocenters. The quantitative estimate of drug-likeness (QED) is 0.721. The van der Waals surface area contributed by atoms with Gasteiger partial charge in [-0.05, 0) is 48.7 Å². The fourth-order valence-electron chi connectivity index (χ4n) is 2.54. The second kappa shape index (κ2) is 6.47. The third-order valence-electron chi connectivity index (χ3n) is 3.93. The number of anilines is 1. The van der Waals surface area contributed by atoms with E-state index in [2.05, 4.69) is 12.2 Å². The molecular formula is C19H18ClNO2. The Labute approximate surface area is 140 Å². The topological polar surface area (TPSA) is 42.2 Å². The Morgan fingerprint density at radius 1 is 1.22 bits per heavy atom. The van der Waals surface area contributed by atoms with Crippen molar-refractivity contribution in [2.75, 3.05) is 5.32 Å². The molecule has 118 valence electrons. The Balaban J connectivity index is 1.76. The summed E-state index contributed by atoms with van der Waals surface area (Å²) in [6, 6.07) is 11.6. The molecule has 0 aliphatic carbocycles. The minimum atomic E-state index is -0.0753. The molecule has 3 nitrogen and oxygen atoms in total. The molecule has 1 amide bonds. The van der Waals surface area contributed by atoms with Crippen LogP contribution in [0.4, 0.5) is 5.69 Å². The number of nitrogens with one attached hydrogen (secondary N) is 1. The van der Waals surface area contributed by atoms with Crippen LogP contribution < -0.4 is 5.32 Å². The molecule has 3 rings (SSSR count). The van der Waals surface area contributed by atoms with Gasteiger partial charge in [0.05, 0.1) is 12.7 Å². The number of carbonyl (C=O) groups is 1. The Morgan fingerprint density at radius 3 is 2.65 bits per heavy atom. The smallest absolute Gasteiger partial charge is 0.228 e. The Morgan fingerprint density at radius 2 is 1.96 bits per heavy atom. The van der Waals surface area contributed by atoms with Gasteiger partial charge in [0.1, 0.15) is 5.58 Å². The molecule has 1 heterocycles. The van der Waals surface area contributed by atoms with Gasteiger partial charge in [0.15, 0.2) is 0 Å². The summed E-state index contributed by atoms with van der Waals surface area (Å²) in [6.45, 7) is 4.03. The predicted octanol–water partition coefficient (Wildman–Crippen LogP) is 5.14. The zero-order valence-electron chi connectivity index (χ0n) is 13.2. The van der Waals surface area contributed by atoms with E-state index in [-0.39, 0.29) is 12.3 Å². The van der Waals surface area contributed by atoms with Gasteiger partial charge in [0.25, 0.3) is 0 Å². The van der Waals surface area contributed by atoms with Gasteiger partial charge < -0.3 is 9.73 Å². The van der Waals surface area contributed by atoms with Crippen LogP contribution in [0.25, 0.3) is 11.0 Å². The van der Waals surface area contributed by atoms with Crippen LogP contribution in [-0.2, 0) is 17.6 Å². The van der Waals surface area contributed by atoms with Crippen LogP contribution in [0.2, 0.25) is 5.02 Å². The number of amides is 1. The van der Waals surface area contributed by atoms with Crippen molar-refractivity contribution in [2.45, 2.75) is 26.7 Å². The van der Waals surface area contributed by atoms with Gasteiger partial charge in [-0.3, -0.25) is 4.79 Å². The van der Waals surface area contributed by atoms with Crippen LogP contribution >= 0.6 is 11.6 Å². The fourth-order valence-corrected chi connectivity index (χ4v) is 2.70. The van der Waals surface area contributed by atoms with E-state index in [9.17, 15) is 4.79 Å². The molecule has 0 bridgehead atoms. The first-order valence-electron chi connectivity index (χ1n) is 7.62.